The molecule has 0 aliphatic rings. The maximum absolute atomic E-state index is 4.56. The van der Waals surface area contributed by atoms with Crippen molar-refractivity contribution in [2.45, 2.75) is 45.6 Å². The van der Waals surface area contributed by atoms with E-state index in [-0.39, 0.29) is 0 Å². The van der Waals surface area contributed by atoms with Gasteiger partial charge in [-0.05, 0) is 44.2 Å². The van der Waals surface area contributed by atoms with Gasteiger partial charge in [-0.2, -0.15) is 0 Å². The number of nitrogens with one attached hydrogen (secondary N) is 1. The van der Waals surface area contributed by atoms with Crippen LogP contribution in [-0.2, 0) is 0 Å². The zero-order chi connectivity index (χ0) is 13.7. The van der Waals surface area contributed by atoms with Crippen molar-refractivity contribution in [3.05, 3.63) is 41.6 Å². The molecule has 2 aromatic rings. The van der Waals surface area contributed by atoms with E-state index in [0.717, 1.165) is 11.2 Å². The molecule has 0 amide bonds. The summed E-state index contributed by atoms with van der Waals surface area (Å²) in [5.74, 6) is 0. The normalized spacial score (nSPS) is 12.8. The molecule has 0 fully saturated rings. The van der Waals surface area contributed by atoms with Gasteiger partial charge in [-0.3, -0.25) is 4.98 Å². The van der Waals surface area contributed by atoms with Gasteiger partial charge >= 0.3 is 0 Å². The average Bonchev–Trinajstić information content (AvgIpc) is 2.43. The molecule has 1 N–H and O–H groups in total. The van der Waals surface area contributed by atoms with Gasteiger partial charge in [0.25, 0.3) is 0 Å². The molecule has 19 heavy (non-hydrogen) atoms. The van der Waals surface area contributed by atoms with E-state index < -0.39 is 0 Å². The molecule has 2 rings (SSSR count). The summed E-state index contributed by atoms with van der Waals surface area (Å²) >= 11 is 0. The van der Waals surface area contributed by atoms with Crippen molar-refractivity contribution in [1.29, 1.82) is 0 Å². The van der Waals surface area contributed by atoms with Crippen LogP contribution < -0.4 is 5.32 Å². The van der Waals surface area contributed by atoms with E-state index in [9.17, 15) is 0 Å². The van der Waals surface area contributed by atoms with Crippen molar-refractivity contribution in [3.63, 3.8) is 0 Å². The first kappa shape index (κ1) is 14.0. The summed E-state index contributed by atoms with van der Waals surface area (Å²) in [6.07, 6.45) is 5.07. The molecule has 0 saturated heterocycles. The van der Waals surface area contributed by atoms with Crippen LogP contribution in [0.1, 0.15) is 49.9 Å². The fourth-order valence-corrected chi connectivity index (χ4v) is 2.54. The molecule has 0 bridgehead atoms. The standard InChI is InChI=1S/C17H24N2/c1-4-5-6-7-16(18-3)14-10-11-17-15(12-14)9-8-13(2)19-17/h8-12,16,18H,4-7H2,1-3H3. The summed E-state index contributed by atoms with van der Waals surface area (Å²) in [6.45, 7) is 4.28. The highest BCUT2D eigenvalue weighted by atomic mass is 14.9. The number of benzene rings is 1. The summed E-state index contributed by atoms with van der Waals surface area (Å²) in [7, 11) is 2.05. The molecule has 0 aliphatic carbocycles. The topological polar surface area (TPSA) is 24.9 Å². The minimum Gasteiger partial charge on any atom is -0.313 e. The number of aryl methyl sites for hydroxylation is 1. The zero-order valence-electron chi connectivity index (χ0n) is 12.2. The van der Waals surface area contributed by atoms with Crippen LogP contribution in [0.4, 0.5) is 0 Å². The number of fused-ring (bicyclic) bond motifs is 1. The van der Waals surface area contributed by atoms with Crippen molar-refractivity contribution in [3.8, 4) is 0 Å². The minimum absolute atomic E-state index is 0.456. The molecule has 0 saturated carbocycles. The molecule has 1 heterocycles. The van der Waals surface area contributed by atoms with Gasteiger partial charge in [0.1, 0.15) is 0 Å². The summed E-state index contributed by atoms with van der Waals surface area (Å²) in [5, 5.41) is 4.67. The van der Waals surface area contributed by atoms with Gasteiger partial charge in [0.15, 0.2) is 0 Å². The quantitative estimate of drug-likeness (QED) is 0.776. The molecule has 0 spiro atoms. The number of pyridine rings is 1. The number of unbranched alkanes of at least 4 members (excludes halogenated alkanes) is 2. The average molecular weight is 256 g/mol. The molecular formula is C17H24N2. The Labute approximate surface area is 116 Å². The van der Waals surface area contributed by atoms with Crippen LogP contribution in [0.5, 0.6) is 0 Å². The predicted octanol–water partition coefficient (Wildman–Crippen LogP) is 4.38. The Morgan fingerprint density at radius 2 is 2.00 bits per heavy atom. The molecule has 0 aliphatic heterocycles. The summed E-state index contributed by atoms with van der Waals surface area (Å²) < 4.78 is 0. The van der Waals surface area contributed by atoms with E-state index in [2.05, 4.69) is 47.6 Å². The van der Waals surface area contributed by atoms with E-state index >= 15 is 0 Å². The molecule has 1 aromatic heterocycles. The van der Waals surface area contributed by atoms with E-state index in [1.165, 1.54) is 36.6 Å². The van der Waals surface area contributed by atoms with Crippen LogP contribution in [0.25, 0.3) is 10.9 Å². The first-order chi connectivity index (χ1) is 9.24. The van der Waals surface area contributed by atoms with Crippen LogP contribution in [0.3, 0.4) is 0 Å². The lowest BCUT2D eigenvalue weighted by Crippen LogP contribution is -2.16. The lowest BCUT2D eigenvalue weighted by molar-refractivity contribution is 0.512. The van der Waals surface area contributed by atoms with Crippen LogP contribution in [0, 0.1) is 6.92 Å². The molecule has 2 nitrogen and oxygen atoms in total. The number of rotatable bonds is 6. The SMILES string of the molecule is CCCCCC(NC)c1ccc2nc(C)ccc2c1. The van der Waals surface area contributed by atoms with Crippen molar-refractivity contribution in [1.82, 2.24) is 10.3 Å². The molecule has 0 radical (unpaired) electrons. The van der Waals surface area contributed by atoms with Crippen LogP contribution in [-0.4, -0.2) is 12.0 Å². The lowest BCUT2D eigenvalue weighted by Gasteiger charge is -2.17. The highest BCUT2D eigenvalue weighted by molar-refractivity contribution is 5.79. The third-order valence-electron chi connectivity index (χ3n) is 3.70. The Morgan fingerprint density at radius 3 is 2.74 bits per heavy atom. The van der Waals surface area contributed by atoms with Crippen LogP contribution >= 0.6 is 0 Å². The van der Waals surface area contributed by atoms with Gasteiger partial charge in [-0.25, -0.2) is 0 Å². The van der Waals surface area contributed by atoms with E-state index in [1.807, 2.05) is 14.0 Å². The summed E-state index contributed by atoms with van der Waals surface area (Å²) in [6, 6.07) is 11.3. The number of aromatic nitrogens is 1. The van der Waals surface area contributed by atoms with Gasteiger partial charge in [-0.1, -0.05) is 38.3 Å². The van der Waals surface area contributed by atoms with Crippen LogP contribution in [0.2, 0.25) is 0 Å². The lowest BCUT2D eigenvalue weighted by atomic mass is 9.99. The van der Waals surface area contributed by atoms with Crippen molar-refractivity contribution in [2.24, 2.45) is 0 Å². The highest BCUT2D eigenvalue weighted by Gasteiger charge is 2.09. The second kappa shape index (κ2) is 6.67. The summed E-state index contributed by atoms with van der Waals surface area (Å²) in [4.78, 5) is 4.56. The van der Waals surface area contributed by atoms with Gasteiger partial charge in [0.2, 0.25) is 0 Å². The van der Waals surface area contributed by atoms with Crippen molar-refractivity contribution < 1.29 is 0 Å². The first-order valence-corrected chi connectivity index (χ1v) is 7.29. The zero-order valence-corrected chi connectivity index (χ0v) is 12.2. The highest BCUT2D eigenvalue weighted by Crippen LogP contribution is 2.23. The van der Waals surface area contributed by atoms with Gasteiger partial charge in [0, 0.05) is 17.1 Å². The van der Waals surface area contributed by atoms with Gasteiger partial charge in [0.05, 0.1) is 5.52 Å². The fourth-order valence-electron chi connectivity index (χ4n) is 2.54. The second-order valence-corrected chi connectivity index (χ2v) is 5.24. The predicted molar refractivity (Wildman–Crippen MR) is 82.4 cm³/mol. The monoisotopic (exact) mass is 256 g/mol. The number of nitrogens with zero attached hydrogens (tertiary/aromatic N) is 1. The van der Waals surface area contributed by atoms with Gasteiger partial charge in [-0.15, -0.1) is 0 Å². The molecular weight excluding hydrogens is 232 g/mol. The number of hydrogen-bond acceptors (Lipinski definition) is 2. The Hall–Kier alpha value is -1.41. The molecule has 1 aromatic carbocycles. The van der Waals surface area contributed by atoms with Crippen LogP contribution in [0.15, 0.2) is 30.3 Å². The smallest absolute Gasteiger partial charge is 0.0705 e. The first-order valence-electron chi connectivity index (χ1n) is 7.29. The third-order valence-corrected chi connectivity index (χ3v) is 3.70. The molecule has 2 heteroatoms. The second-order valence-electron chi connectivity index (χ2n) is 5.24. The Balaban J connectivity index is 2.20. The van der Waals surface area contributed by atoms with Crippen molar-refractivity contribution >= 4 is 10.9 Å². The Kier molecular flexibility index (Phi) is 4.92. The maximum atomic E-state index is 4.56. The Bertz CT molecular complexity index is 534. The summed E-state index contributed by atoms with van der Waals surface area (Å²) in [5.41, 5.74) is 3.54. The Morgan fingerprint density at radius 1 is 1.16 bits per heavy atom. The van der Waals surface area contributed by atoms with E-state index in [4.69, 9.17) is 0 Å². The van der Waals surface area contributed by atoms with E-state index in [1.54, 1.807) is 0 Å². The maximum Gasteiger partial charge on any atom is 0.0705 e. The van der Waals surface area contributed by atoms with Gasteiger partial charge < -0.3 is 5.32 Å². The van der Waals surface area contributed by atoms with E-state index in [0.29, 0.717) is 6.04 Å². The third kappa shape index (κ3) is 3.54. The minimum atomic E-state index is 0.456. The largest absolute Gasteiger partial charge is 0.313 e. The number of hydrogen-bond donors (Lipinski definition) is 1. The molecule has 1 atom stereocenters. The molecule has 1 unspecified atom stereocenters. The van der Waals surface area contributed by atoms with Crippen molar-refractivity contribution in [2.75, 3.05) is 7.05 Å². The molecule has 102 valence electrons. The fraction of sp³-hybridized carbons (Fsp3) is 0.471.